The summed E-state index contributed by atoms with van der Waals surface area (Å²) in [6.07, 6.45) is 0. The van der Waals surface area contributed by atoms with Crippen molar-refractivity contribution in [1.82, 2.24) is 4.98 Å². The lowest BCUT2D eigenvalue weighted by atomic mass is 9.95. The predicted octanol–water partition coefficient (Wildman–Crippen LogP) is 3.93. The van der Waals surface area contributed by atoms with Crippen LogP contribution in [0.25, 0.3) is 11.1 Å². The van der Waals surface area contributed by atoms with Crippen LogP contribution in [0.1, 0.15) is 11.1 Å². The molecule has 0 amide bonds. The van der Waals surface area contributed by atoms with Crippen molar-refractivity contribution in [3.8, 4) is 23.3 Å². The van der Waals surface area contributed by atoms with E-state index in [0.29, 0.717) is 32.6 Å². The van der Waals surface area contributed by atoms with Gasteiger partial charge in [-0.05, 0) is 12.1 Å². The van der Waals surface area contributed by atoms with Crippen LogP contribution in [0.4, 0.5) is 11.6 Å². The second-order valence-corrected chi connectivity index (χ2v) is 7.46. The van der Waals surface area contributed by atoms with Gasteiger partial charge in [-0.25, -0.2) is 4.98 Å². The maximum atomic E-state index is 9.81. The fourth-order valence-corrected chi connectivity index (χ4v) is 4.18. The summed E-state index contributed by atoms with van der Waals surface area (Å²) in [5.74, 6) is 2.49. The zero-order valence-electron chi connectivity index (χ0n) is 13.1. The Labute approximate surface area is 160 Å². The van der Waals surface area contributed by atoms with E-state index in [4.69, 9.17) is 28.9 Å². The number of hydrogen-bond donors (Lipinski definition) is 1. The first-order chi connectivity index (χ1) is 12.1. The molecule has 1 aliphatic rings. The number of hydrogen-bond acceptors (Lipinski definition) is 6. The van der Waals surface area contributed by atoms with E-state index >= 15 is 0 Å². The van der Waals surface area contributed by atoms with E-state index in [1.54, 1.807) is 18.2 Å². The Morgan fingerprint density at radius 2 is 1.80 bits per heavy atom. The average molecular weight is 390 g/mol. The summed E-state index contributed by atoms with van der Waals surface area (Å²) >= 11 is 14.2. The second-order valence-electron chi connectivity index (χ2n) is 5.39. The molecule has 1 fully saturated rings. The Kier molecular flexibility index (Phi) is 5.24. The molecule has 1 aliphatic heterocycles. The number of nitriles is 2. The fourth-order valence-electron chi connectivity index (χ4n) is 2.78. The van der Waals surface area contributed by atoms with E-state index in [1.165, 1.54) is 0 Å². The van der Waals surface area contributed by atoms with Gasteiger partial charge < -0.3 is 10.6 Å². The van der Waals surface area contributed by atoms with Gasteiger partial charge in [0.25, 0.3) is 0 Å². The molecule has 0 spiro atoms. The van der Waals surface area contributed by atoms with E-state index in [1.807, 2.05) is 16.7 Å². The van der Waals surface area contributed by atoms with Crippen molar-refractivity contribution in [1.29, 1.82) is 10.5 Å². The average Bonchev–Trinajstić information content (AvgIpc) is 2.62. The number of pyridine rings is 1. The molecular weight excluding hydrogens is 377 g/mol. The molecule has 25 heavy (non-hydrogen) atoms. The minimum atomic E-state index is 0.0933. The molecule has 0 saturated carbocycles. The first-order valence-electron chi connectivity index (χ1n) is 7.48. The minimum Gasteiger partial charge on any atom is -0.383 e. The smallest absolute Gasteiger partial charge is 0.149 e. The normalized spacial score (nSPS) is 14.0. The van der Waals surface area contributed by atoms with E-state index in [2.05, 4.69) is 17.1 Å². The van der Waals surface area contributed by atoms with Crippen molar-refractivity contribution in [2.45, 2.75) is 0 Å². The molecule has 2 aromatic rings. The summed E-state index contributed by atoms with van der Waals surface area (Å²) in [5, 5.41) is 20.2. The van der Waals surface area contributed by atoms with Crippen LogP contribution in [-0.4, -0.2) is 29.6 Å². The summed E-state index contributed by atoms with van der Waals surface area (Å²) in [6, 6.07) is 9.19. The third-order valence-corrected chi connectivity index (χ3v) is 5.43. The van der Waals surface area contributed by atoms with E-state index < -0.39 is 0 Å². The highest BCUT2D eigenvalue weighted by Gasteiger charge is 2.25. The maximum Gasteiger partial charge on any atom is 0.149 e. The van der Waals surface area contributed by atoms with Crippen molar-refractivity contribution in [2.24, 2.45) is 0 Å². The van der Waals surface area contributed by atoms with Crippen LogP contribution in [0.3, 0.4) is 0 Å². The van der Waals surface area contributed by atoms with E-state index in [9.17, 15) is 10.5 Å². The molecule has 0 bridgehead atoms. The van der Waals surface area contributed by atoms with Crippen LogP contribution in [-0.2, 0) is 0 Å². The van der Waals surface area contributed by atoms with Crippen molar-refractivity contribution in [3.05, 3.63) is 39.4 Å². The van der Waals surface area contributed by atoms with Crippen molar-refractivity contribution >= 4 is 46.6 Å². The molecule has 0 radical (unpaired) electrons. The number of nitrogen functional groups attached to an aromatic ring is 1. The third-order valence-electron chi connectivity index (χ3n) is 3.94. The molecule has 2 N–H and O–H groups in total. The van der Waals surface area contributed by atoms with Crippen LogP contribution in [0.5, 0.6) is 0 Å². The largest absolute Gasteiger partial charge is 0.383 e. The van der Waals surface area contributed by atoms with Crippen molar-refractivity contribution in [2.75, 3.05) is 35.2 Å². The maximum absolute atomic E-state index is 9.81. The van der Waals surface area contributed by atoms with Gasteiger partial charge in [0, 0.05) is 45.8 Å². The van der Waals surface area contributed by atoms with Gasteiger partial charge in [-0.1, -0.05) is 29.3 Å². The lowest BCUT2D eigenvalue weighted by Gasteiger charge is -2.29. The zero-order valence-corrected chi connectivity index (χ0v) is 15.4. The summed E-state index contributed by atoms with van der Waals surface area (Å²) in [4.78, 5) is 6.38. The van der Waals surface area contributed by atoms with Crippen molar-refractivity contribution < 1.29 is 0 Å². The third kappa shape index (κ3) is 3.34. The monoisotopic (exact) mass is 389 g/mol. The molecule has 0 unspecified atom stereocenters. The van der Waals surface area contributed by atoms with Crippen LogP contribution in [0, 0.1) is 22.7 Å². The number of anilines is 2. The van der Waals surface area contributed by atoms with Crippen LogP contribution >= 0.6 is 35.0 Å². The van der Waals surface area contributed by atoms with Crippen LogP contribution in [0.2, 0.25) is 10.0 Å². The quantitative estimate of drug-likeness (QED) is 0.836. The highest BCUT2D eigenvalue weighted by molar-refractivity contribution is 7.99. The Balaban J connectivity index is 2.30. The summed E-state index contributed by atoms with van der Waals surface area (Å²) in [7, 11) is 0. The Morgan fingerprint density at radius 1 is 1.12 bits per heavy atom. The molecule has 1 aromatic carbocycles. The number of aromatic nitrogens is 1. The first kappa shape index (κ1) is 17.7. The SMILES string of the molecule is N#Cc1c(N)nc(N2CCSCC2)c(C#N)c1-c1ccc(Cl)cc1Cl. The van der Waals surface area contributed by atoms with Gasteiger partial charge in [0.2, 0.25) is 0 Å². The van der Waals surface area contributed by atoms with Gasteiger partial charge in [0.15, 0.2) is 0 Å². The molecule has 5 nitrogen and oxygen atoms in total. The molecule has 1 aromatic heterocycles. The van der Waals surface area contributed by atoms with Gasteiger partial charge in [-0.2, -0.15) is 22.3 Å². The van der Waals surface area contributed by atoms with Crippen LogP contribution in [0.15, 0.2) is 18.2 Å². The van der Waals surface area contributed by atoms with Crippen LogP contribution < -0.4 is 10.6 Å². The molecular formula is C17H13Cl2N5S. The van der Waals surface area contributed by atoms with Gasteiger partial charge in [0.1, 0.15) is 34.9 Å². The van der Waals surface area contributed by atoms with E-state index in [0.717, 1.165) is 24.6 Å². The predicted molar refractivity (Wildman–Crippen MR) is 103 cm³/mol. The lowest BCUT2D eigenvalue weighted by Crippen LogP contribution is -2.34. The zero-order chi connectivity index (χ0) is 18.0. The standard InChI is InChI=1S/C17H13Cl2N5S/c18-10-1-2-11(14(19)7-10)15-12(8-20)16(22)23-17(13(15)9-21)24-3-5-25-6-4-24/h1-2,7H,3-6H2,(H2,22,23). The number of rotatable bonds is 2. The molecule has 2 heterocycles. The molecule has 8 heteroatoms. The topological polar surface area (TPSA) is 89.7 Å². The highest BCUT2D eigenvalue weighted by Crippen LogP contribution is 2.39. The number of nitrogens with zero attached hydrogens (tertiary/aromatic N) is 4. The molecule has 1 saturated heterocycles. The molecule has 0 aliphatic carbocycles. The first-order valence-corrected chi connectivity index (χ1v) is 9.39. The number of halogens is 2. The van der Waals surface area contributed by atoms with Crippen molar-refractivity contribution in [3.63, 3.8) is 0 Å². The molecule has 3 rings (SSSR count). The summed E-state index contributed by atoms with van der Waals surface area (Å²) in [5.41, 5.74) is 7.44. The Morgan fingerprint density at radius 3 is 2.40 bits per heavy atom. The minimum absolute atomic E-state index is 0.0933. The second kappa shape index (κ2) is 7.41. The molecule has 0 atom stereocenters. The fraction of sp³-hybridized carbons (Fsp3) is 0.235. The van der Waals surface area contributed by atoms with Gasteiger partial charge >= 0.3 is 0 Å². The number of benzene rings is 1. The van der Waals surface area contributed by atoms with E-state index in [-0.39, 0.29) is 11.4 Å². The van der Waals surface area contributed by atoms with Gasteiger partial charge in [-0.3, -0.25) is 0 Å². The van der Waals surface area contributed by atoms with Gasteiger partial charge in [-0.15, -0.1) is 0 Å². The number of nitrogens with two attached hydrogens (primary N) is 1. The highest BCUT2D eigenvalue weighted by atomic mass is 35.5. The summed E-state index contributed by atoms with van der Waals surface area (Å²) in [6.45, 7) is 1.54. The summed E-state index contributed by atoms with van der Waals surface area (Å²) < 4.78 is 0. The Bertz CT molecular complexity index is 911. The lowest BCUT2D eigenvalue weighted by molar-refractivity contribution is 0.838. The van der Waals surface area contributed by atoms with Gasteiger partial charge in [0.05, 0.1) is 0 Å². The number of thioether (sulfide) groups is 1. The molecule has 126 valence electrons. The Hall–Kier alpha value is -2.12.